The topological polar surface area (TPSA) is 96.0 Å². The van der Waals surface area contributed by atoms with Gasteiger partial charge in [0, 0.05) is 48.3 Å². The molecule has 1 saturated carbocycles. The fraction of sp³-hybridized carbons (Fsp3) is 0.545. The van der Waals surface area contributed by atoms with E-state index in [1.54, 1.807) is 6.07 Å². The minimum atomic E-state index is -0.612. The summed E-state index contributed by atoms with van der Waals surface area (Å²) in [6.45, 7) is 6.63. The summed E-state index contributed by atoms with van der Waals surface area (Å²) in [5.74, 6) is 0.500. The maximum atomic E-state index is 13.8. The molecule has 6 atom stereocenters. The molecule has 2 aliphatic heterocycles. The van der Waals surface area contributed by atoms with Crippen LogP contribution in [0.25, 0.3) is 10.9 Å². The van der Waals surface area contributed by atoms with Crippen molar-refractivity contribution in [1.82, 2.24) is 15.2 Å². The standard InChI is InChI=1S/C33H41N3O5/c1-31(2,3)41-30(38)24(16-20-18-34-22-9-7-6-8-21(20)22)35-23-12-13-33(39-5)26-17-19-10-11-25(37)28-27(19)32(33,29(23)40-28)14-15-36(26)4/h6-11,18,23-24,26,29,34-35,37H,12-17H2,1-5H3/t23?,24-,26+,29?,32-,33+/m0/s1. The molecule has 0 amide bonds. The lowest BCUT2D eigenvalue weighted by Gasteiger charge is -2.65. The van der Waals surface area contributed by atoms with Gasteiger partial charge in [-0.1, -0.05) is 24.3 Å². The molecule has 3 aromatic rings. The number of esters is 1. The van der Waals surface area contributed by atoms with E-state index in [9.17, 15) is 9.90 Å². The number of phenols is 1. The number of carbonyl (C=O) groups is 1. The number of nitrogens with one attached hydrogen (secondary N) is 2. The number of carbonyl (C=O) groups excluding carboxylic acids is 1. The molecule has 2 aromatic carbocycles. The first-order valence-electron chi connectivity index (χ1n) is 14.9. The second-order valence-corrected chi connectivity index (χ2v) is 13.5. The van der Waals surface area contributed by atoms with Gasteiger partial charge >= 0.3 is 5.97 Å². The van der Waals surface area contributed by atoms with Crippen LogP contribution in [-0.4, -0.2) is 77.1 Å². The number of aromatic amines is 1. The van der Waals surface area contributed by atoms with Crippen molar-refractivity contribution < 1.29 is 24.1 Å². The van der Waals surface area contributed by atoms with E-state index < -0.39 is 22.7 Å². The highest BCUT2D eigenvalue weighted by atomic mass is 16.6. The van der Waals surface area contributed by atoms with Gasteiger partial charge in [0.15, 0.2) is 11.5 Å². The van der Waals surface area contributed by atoms with Gasteiger partial charge in [-0.2, -0.15) is 0 Å². The Labute approximate surface area is 241 Å². The summed E-state index contributed by atoms with van der Waals surface area (Å²) in [7, 11) is 4.03. The van der Waals surface area contributed by atoms with Crippen LogP contribution in [0.5, 0.6) is 11.5 Å². The Morgan fingerprint density at radius 2 is 2.05 bits per heavy atom. The average molecular weight is 560 g/mol. The SMILES string of the molecule is CO[C@@]12CCC(N[C@@H](Cc3c[nH]c4ccccc34)C(=O)OC(C)(C)C)C3Oc4c(O)ccc5c4[C@@]31CCN(C)[C@@H]2C5. The van der Waals surface area contributed by atoms with Crippen LogP contribution < -0.4 is 10.1 Å². The molecule has 4 aliphatic rings. The first-order valence-corrected chi connectivity index (χ1v) is 14.9. The molecule has 2 aliphatic carbocycles. The number of aromatic nitrogens is 1. The molecule has 7 rings (SSSR count). The normalized spacial score (nSPS) is 31.0. The largest absolute Gasteiger partial charge is 0.504 e. The van der Waals surface area contributed by atoms with Crippen LogP contribution in [0.2, 0.25) is 0 Å². The number of aromatic hydroxyl groups is 1. The highest BCUT2D eigenvalue weighted by Gasteiger charge is 2.73. The van der Waals surface area contributed by atoms with Crippen LogP contribution >= 0.6 is 0 Å². The molecule has 2 unspecified atom stereocenters. The summed E-state index contributed by atoms with van der Waals surface area (Å²) in [5.41, 5.74) is 2.99. The third kappa shape index (κ3) is 3.80. The predicted octanol–water partition coefficient (Wildman–Crippen LogP) is 4.22. The molecular weight excluding hydrogens is 518 g/mol. The molecule has 3 heterocycles. The molecule has 218 valence electrons. The molecule has 8 nitrogen and oxygen atoms in total. The Kier molecular flexibility index (Phi) is 6.02. The lowest BCUT2D eigenvalue weighted by atomic mass is 9.48. The number of fused-ring (bicyclic) bond motifs is 1. The Morgan fingerprint density at radius 3 is 2.83 bits per heavy atom. The number of H-pyrrole nitrogens is 1. The van der Waals surface area contributed by atoms with Crippen molar-refractivity contribution >= 4 is 16.9 Å². The number of para-hydroxylation sites is 1. The second kappa shape index (κ2) is 9.21. The summed E-state index contributed by atoms with van der Waals surface area (Å²) < 4.78 is 19.3. The van der Waals surface area contributed by atoms with E-state index in [0.29, 0.717) is 12.2 Å². The summed E-state index contributed by atoms with van der Waals surface area (Å²) in [4.78, 5) is 19.5. The van der Waals surface area contributed by atoms with Gasteiger partial charge in [0.05, 0.1) is 11.0 Å². The molecule has 41 heavy (non-hydrogen) atoms. The van der Waals surface area contributed by atoms with Crippen LogP contribution in [0.15, 0.2) is 42.6 Å². The third-order valence-electron chi connectivity index (χ3n) is 10.3. The number of piperidine rings is 1. The van der Waals surface area contributed by atoms with Crippen molar-refractivity contribution in [2.24, 2.45) is 0 Å². The number of hydrogen-bond donors (Lipinski definition) is 3. The third-order valence-corrected chi connectivity index (χ3v) is 10.3. The fourth-order valence-corrected chi connectivity index (χ4v) is 8.67. The molecular formula is C33H41N3O5. The van der Waals surface area contributed by atoms with Gasteiger partial charge in [-0.3, -0.25) is 10.1 Å². The van der Waals surface area contributed by atoms with E-state index in [1.165, 1.54) is 5.56 Å². The summed E-state index contributed by atoms with van der Waals surface area (Å²) in [5, 5.41) is 15.9. The van der Waals surface area contributed by atoms with Gasteiger partial charge in [0.25, 0.3) is 0 Å². The van der Waals surface area contributed by atoms with Crippen LogP contribution in [0.3, 0.4) is 0 Å². The Bertz CT molecular complexity index is 1510. The van der Waals surface area contributed by atoms with Crippen molar-refractivity contribution in [3.63, 3.8) is 0 Å². The van der Waals surface area contributed by atoms with Crippen LogP contribution in [0.1, 0.15) is 56.7 Å². The predicted molar refractivity (Wildman–Crippen MR) is 156 cm³/mol. The molecule has 2 fully saturated rings. The van der Waals surface area contributed by atoms with Crippen molar-refractivity contribution in [2.75, 3.05) is 20.7 Å². The van der Waals surface area contributed by atoms with Crippen molar-refractivity contribution in [3.05, 3.63) is 59.3 Å². The molecule has 1 saturated heterocycles. The number of nitrogens with zero attached hydrogens (tertiary/aromatic N) is 1. The van der Waals surface area contributed by atoms with Gasteiger partial charge in [-0.05, 0) is 83.3 Å². The Hall–Kier alpha value is -3.07. The van der Waals surface area contributed by atoms with E-state index in [4.69, 9.17) is 14.2 Å². The quantitative estimate of drug-likeness (QED) is 0.389. The summed E-state index contributed by atoms with van der Waals surface area (Å²) in [6, 6.07) is 11.5. The van der Waals surface area contributed by atoms with E-state index in [0.717, 1.165) is 54.3 Å². The van der Waals surface area contributed by atoms with E-state index in [1.807, 2.05) is 52.3 Å². The van der Waals surface area contributed by atoms with Gasteiger partial charge in [-0.25, -0.2) is 0 Å². The lowest BCUT2D eigenvalue weighted by molar-refractivity contribution is -0.204. The number of phenolic OH excluding ortho intramolecular Hbond substituents is 1. The maximum Gasteiger partial charge on any atom is 0.324 e. The van der Waals surface area contributed by atoms with Crippen molar-refractivity contribution in [3.8, 4) is 11.5 Å². The van der Waals surface area contributed by atoms with Crippen LogP contribution in [0.4, 0.5) is 0 Å². The number of hydrogen-bond acceptors (Lipinski definition) is 7. The maximum absolute atomic E-state index is 13.8. The highest BCUT2D eigenvalue weighted by molar-refractivity contribution is 5.84. The molecule has 1 aromatic heterocycles. The van der Waals surface area contributed by atoms with Crippen molar-refractivity contribution in [2.45, 2.75) is 93.7 Å². The zero-order chi connectivity index (χ0) is 28.7. The molecule has 2 bridgehead atoms. The van der Waals surface area contributed by atoms with E-state index in [2.05, 4.69) is 34.4 Å². The Balaban J connectivity index is 1.29. The number of rotatable bonds is 6. The van der Waals surface area contributed by atoms with Crippen molar-refractivity contribution in [1.29, 1.82) is 0 Å². The minimum Gasteiger partial charge on any atom is -0.504 e. The highest BCUT2D eigenvalue weighted by Crippen LogP contribution is 2.66. The fourth-order valence-electron chi connectivity index (χ4n) is 8.67. The first-order chi connectivity index (χ1) is 19.6. The molecule has 8 heteroatoms. The van der Waals surface area contributed by atoms with Crippen LogP contribution in [0, 0.1) is 0 Å². The molecule has 3 N–H and O–H groups in total. The second-order valence-electron chi connectivity index (χ2n) is 13.5. The monoisotopic (exact) mass is 559 g/mol. The number of methoxy groups -OCH3 is 1. The van der Waals surface area contributed by atoms with Gasteiger partial charge in [0.2, 0.25) is 0 Å². The molecule has 0 radical (unpaired) electrons. The first kappa shape index (κ1) is 26.8. The van der Waals surface area contributed by atoms with Gasteiger partial charge in [-0.15, -0.1) is 0 Å². The lowest BCUT2D eigenvalue weighted by Crippen LogP contribution is -2.78. The number of likely N-dealkylation sites (N-methyl/N-ethyl adjacent to an activating group) is 1. The van der Waals surface area contributed by atoms with Gasteiger partial charge < -0.3 is 29.2 Å². The van der Waals surface area contributed by atoms with E-state index >= 15 is 0 Å². The summed E-state index contributed by atoms with van der Waals surface area (Å²) in [6.07, 6.45) is 5.53. The average Bonchev–Trinajstić information content (AvgIpc) is 3.51. The summed E-state index contributed by atoms with van der Waals surface area (Å²) >= 11 is 0. The number of benzene rings is 2. The minimum absolute atomic E-state index is 0.136. The number of likely N-dealkylation sites (tertiary alicyclic amines) is 1. The van der Waals surface area contributed by atoms with E-state index in [-0.39, 0.29) is 29.9 Å². The zero-order valence-electron chi connectivity index (χ0n) is 24.6. The zero-order valence-corrected chi connectivity index (χ0v) is 24.6. The van der Waals surface area contributed by atoms with Crippen LogP contribution in [-0.2, 0) is 32.5 Å². The van der Waals surface area contributed by atoms with Gasteiger partial charge in [0.1, 0.15) is 17.7 Å². The number of ether oxygens (including phenoxy) is 3. The Morgan fingerprint density at radius 1 is 1.24 bits per heavy atom. The smallest absolute Gasteiger partial charge is 0.324 e. The molecule has 1 spiro atoms.